The molecular formula is C9H18N2O3. The van der Waals surface area contributed by atoms with Gasteiger partial charge in [-0.25, -0.2) is 0 Å². The van der Waals surface area contributed by atoms with Crippen molar-refractivity contribution in [1.29, 1.82) is 0 Å². The Kier molecular flexibility index (Phi) is 6.74. The Morgan fingerprint density at radius 2 is 1.79 bits per heavy atom. The summed E-state index contributed by atoms with van der Waals surface area (Å²) in [4.78, 5) is 21.3. The fourth-order valence-electron chi connectivity index (χ4n) is 1.05. The summed E-state index contributed by atoms with van der Waals surface area (Å²) in [6.07, 6.45) is 1.78. The fraction of sp³-hybridized carbons (Fsp3) is 0.778. The molecule has 3 N–H and O–H groups in total. The largest absolute Gasteiger partial charge is 0.480 e. The number of aliphatic carboxylic acids is 1. The Morgan fingerprint density at radius 1 is 1.21 bits per heavy atom. The van der Waals surface area contributed by atoms with Crippen LogP contribution in [0.5, 0.6) is 0 Å². The summed E-state index contributed by atoms with van der Waals surface area (Å²) in [7, 11) is 0. The predicted molar refractivity (Wildman–Crippen MR) is 53.0 cm³/mol. The van der Waals surface area contributed by atoms with Gasteiger partial charge in [-0.3, -0.25) is 14.9 Å². The molecule has 0 aromatic rings. The number of carboxylic acids is 1. The number of hydrogen-bond donors (Lipinski definition) is 3. The molecule has 0 bridgehead atoms. The Labute approximate surface area is 83.9 Å². The lowest BCUT2D eigenvalue weighted by molar-refractivity contribution is -0.136. The molecule has 14 heavy (non-hydrogen) atoms. The van der Waals surface area contributed by atoms with Crippen molar-refractivity contribution in [1.82, 2.24) is 10.6 Å². The number of hydrogen-bond acceptors (Lipinski definition) is 3. The van der Waals surface area contributed by atoms with Gasteiger partial charge in [0.15, 0.2) is 0 Å². The minimum Gasteiger partial charge on any atom is -0.480 e. The summed E-state index contributed by atoms with van der Waals surface area (Å²) >= 11 is 0. The first kappa shape index (κ1) is 12.9. The van der Waals surface area contributed by atoms with Crippen molar-refractivity contribution in [2.75, 3.05) is 13.1 Å². The smallest absolute Gasteiger partial charge is 0.317 e. The van der Waals surface area contributed by atoms with Crippen LogP contribution in [0, 0.1) is 0 Å². The summed E-state index contributed by atoms with van der Waals surface area (Å²) in [5.74, 6) is -1.11. The molecule has 0 radical (unpaired) electrons. The van der Waals surface area contributed by atoms with Crippen LogP contribution in [0.1, 0.15) is 26.7 Å². The van der Waals surface area contributed by atoms with Gasteiger partial charge < -0.3 is 10.4 Å². The third-order valence-electron chi connectivity index (χ3n) is 1.91. The number of carbonyl (C=O) groups is 2. The van der Waals surface area contributed by atoms with E-state index in [1.54, 1.807) is 0 Å². The van der Waals surface area contributed by atoms with Crippen LogP contribution < -0.4 is 10.6 Å². The van der Waals surface area contributed by atoms with E-state index in [-0.39, 0.29) is 25.0 Å². The first-order valence-corrected chi connectivity index (χ1v) is 4.82. The normalized spacial score (nSPS) is 10.2. The van der Waals surface area contributed by atoms with Crippen molar-refractivity contribution in [3.05, 3.63) is 0 Å². The monoisotopic (exact) mass is 202 g/mol. The topological polar surface area (TPSA) is 78.4 Å². The third-order valence-corrected chi connectivity index (χ3v) is 1.91. The van der Waals surface area contributed by atoms with E-state index in [1.807, 2.05) is 13.8 Å². The Morgan fingerprint density at radius 3 is 2.21 bits per heavy atom. The molecule has 0 fully saturated rings. The molecule has 0 aliphatic carbocycles. The van der Waals surface area contributed by atoms with Crippen molar-refractivity contribution < 1.29 is 14.7 Å². The number of amides is 1. The van der Waals surface area contributed by atoms with Crippen molar-refractivity contribution in [2.24, 2.45) is 0 Å². The average molecular weight is 202 g/mol. The lowest BCUT2D eigenvalue weighted by atomic mass is 10.2. The molecule has 0 spiro atoms. The molecule has 0 aliphatic heterocycles. The van der Waals surface area contributed by atoms with Crippen LogP contribution in [-0.4, -0.2) is 36.1 Å². The van der Waals surface area contributed by atoms with Crippen LogP contribution in [0.3, 0.4) is 0 Å². The van der Waals surface area contributed by atoms with Crippen LogP contribution in [0.15, 0.2) is 0 Å². The molecule has 0 aromatic carbocycles. The minimum absolute atomic E-state index is 0.0583. The van der Waals surface area contributed by atoms with Crippen LogP contribution in [0.25, 0.3) is 0 Å². The van der Waals surface area contributed by atoms with Gasteiger partial charge in [0.25, 0.3) is 0 Å². The zero-order valence-corrected chi connectivity index (χ0v) is 8.67. The van der Waals surface area contributed by atoms with E-state index < -0.39 is 5.97 Å². The summed E-state index contributed by atoms with van der Waals surface area (Å²) in [5, 5.41) is 13.6. The molecule has 0 rings (SSSR count). The predicted octanol–water partition coefficient (Wildman–Crippen LogP) is -0.0346. The molecule has 5 heteroatoms. The van der Waals surface area contributed by atoms with Crippen molar-refractivity contribution in [3.63, 3.8) is 0 Å². The number of carbonyl (C=O) groups excluding carboxylic acids is 1. The molecule has 0 saturated carbocycles. The lowest BCUT2D eigenvalue weighted by Crippen LogP contribution is -2.41. The number of carboxylic acid groups (broad SMARTS) is 1. The summed E-state index contributed by atoms with van der Waals surface area (Å²) in [5.41, 5.74) is 0. The van der Waals surface area contributed by atoms with Gasteiger partial charge in [0.1, 0.15) is 0 Å². The van der Waals surface area contributed by atoms with Gasteiger partial charge in [-0.1, -0.05) is 13.8 Å². The number of rotatable bonds is 7. The second kappa shape index (κ2) is 7.32. The molecule has 1 amide bonds. The fourth-order valence-corrected chi connectivity index (χ4v) is 1.05. The second-order valence-electron chi connectivity index (χ2n) is 3.08. The first-order chi connectivity index (χ1) is 6.60. The number of nitrogens with one attached hydrogen (secondary N) is 2. The van der Waals surface area contributed by atoms with Gasteiger partial charge in [-0.05, 0) is 12.8 Å². The minimum atomic E-state index is -0.958. The maximum Gasteiger partial charge on any atom is 0.317 e. The summed E-state index contributed by atoms with van der Waals surface area (Å²) in [6.45, 7) is 3.87. The highest BCUT2D eigenvalue weighted by molar-refractivity contribution is 5.79. The third kappa shape index (κ3) is 6.42. The maximum absolute atomic E-state index is 11.2. The van der Waals surface area contributed by atoms with Gasteiger partial charge in [0, 0.05) is 6.04 Å². The molecule has 0 saturated heterocycles. The highest BCUT2D eigenvalue weighted by Gasteiger charge is 2.07. The zero-order valence-electron chi connectivity index (χ0n) is 8.67. The van der Waals surface area contributed by atoms with Crippen LogP contribution in [0.2, 0.25) is 0 Å². The Hall–Kier alpha value is -1.10. The van der Waals surface area contributed by atoms with E-state index >= 15 is 0 Å². The van der Waals surface area contributed by atoms with Gasteiger partial charge in [-0.15, -0.1) is 0 Å². The highest BCUT2D eigenvalue weighted by Crippen LogP contribution is 1.94. The van der Waals surface area contributed by atoms with E-state index in [0.29, 0.717) is 0 Å². The molecule has 0 aliphatic rings. The maximum atomic E-state index is 11.2. The van der Waals surface area contributed by atoms with Gasteiger partial charge in [-0.2, -0.15) is 0 Å². The Balaban J connectivity index is 3.59. The molecular weight excluding hydrogens is 184 g/mol. The quantitative estimate of drug-likeness (QED) is 0.541. The molecule has 5 nitrogen and oxygen atoms in total. The standard InChI is InChI=1S/C9H18N2O3/c1-3-7(4-2)11-8(12)5-10-6-9(13)14/h7,10H,3-6H2,1-2H3,(H,11,12)(H,13,14). The highest BCUT2D eigenvalue weighted by atomic mass is 16.4. The lowest BCUT2D eigenvalue weighted by Gasteiger charge is -2.14. The van der Waals surface area contributed by atoms with Gasteiger partial charge in [0.05, 0.1) is 13.1 Å². The Bertz CT molecular complexity index is 190. The van der Waals surface area contributed by atoms with E-state index in [9.17, 15) is 9.59 Å². The average Bonchev–Trinajstić information content (AvgIpc) is 2.13. The summed E-state index contributed by atoms with van der Waals surface area (Å²) < 4.78 is 0. The van der Waals surface area contributed by atoms with E-state index in [4.69, 9.17) is 5.11 Å². The van der Waals surface area contributed by atoms with Crippen molar-refractivity contribution >= 4 is 11.9 Å². The molecule has 0 aromatic heterocycles. The second-order valence-corrected chi connectivity index (χ2v) is 3.08. The van der Waals surface area contributed by atoms with E-state index in [2.05, 4.69) is 10.6 Å². The van der Waals surface area contributed by atoms with Crippen molar-refractivity contribution in [2.45, 2.75) is 32.7 Å². The zero-order chi connectivity index (χ0) is 11.0. The molecule has 0 heterocycles. The van der Waals surface area contributed by atoms with Crippen LogP contribution in [-0.2, 0) is 9.59 Å². The van der Waals surface area contributed by atoms with Gasteiger partial charge in [0.2, 0.25) is 5.91 Å². The summed E-state index contributed by atoms with van der Waals surface area (Å²) in [6, 6.07) is 0.189. The van der Waals surface area contributed by atoms with Crippen molar-refractivity contribution in [3.8, 4) is 0 Å². The van der Waals surface area contributed by atoms with E-state index in [1.165, 1.54) is 0 Å². The SMILES string of the molecule is CCC(CC)NC(=O)CNCC(=O)O. The molecule has 82 valence electrons. The van der Waals surface area contributed by atoms with Crippen LogP contribution in [0.4, 0.5) is 0 Å². The molecule has 0 atom stereocenters. The van der Waals surface area contributed by atoms with Crippen LogP contribution >= 0.6 is 0 Å². The van der Waals surface area contributed by atoms with Gasteiger partial charge >= 0.3 is 5.97 Å². The molecule has 0 unspecified atom stereocenters. The first-order valence-electron chi connectivity index (χ1n) is 4.82. The van der Waals surface area contributed by atoms with E-state index in [0.717, 1.165) is 12.8 Å².